The van der Waals surface area contributed by atoms with Crippen LogP contribution in [0.3, 0.4) is 0 Å². The van der Waals surface area contributed by atoms with E-state index in [9.17, 15) is 4.79 Å². The number of ether oxygens (including phenoxy) is 1. The first-order valence-corrected chi connectivity index (χ1v) is 9.73. The topological polar surface area (TPSA) is 77.2 Å². The molecule has 0 bridgehead atoms. The lowest BCUT2D eigenvalue weighted by Crippen LogP contribution is -2.20. The van der Waals surface area contributed by atoms with Gasteiger partial charge in [-0.15, -0.1) is 0 Å². The first-order chi connectivity index (χ1) is 14.7. The lowest BCUT2D eigenvalue weighted by atomic mass is 10.1. The molecular formula is C24H21N3O3. The minimum atomic E-state index is -0.246. The average molecular weight is 399 g/mol. The zero-order valence-electron chi connectivity index (χ0n) is 16.5. The quantitative estimate of drug-likeness (QED) is 0.474. The number of benzene rings is 3. The van der Waals surface area contributed by atoms with Gasteiger partial charge in [0.1, 0.15) is 5.75 Å². The summed E-state index contributed by atoms with van der Waals surface area (Å²) in [5, 5.41) is 6.88. The molecule has 0 aliphatic rings. The molecule has 1 amide bonds. The smallest absolute Gasteiger partial charge is 0.262 e. The number of para-hydroxylation sites is 1. The SMILES string of the molecule is CCc1ccc(NC(=O)COc2ccccc2-c2nc(-c3ccccc3)no2)cc1. The van der Waals surface area contributed by atoms with Crippen LogP contribution in [0.5, 0.6) is 5.75 Å². The number of amides is 1. The molecule has 6 nitrogen and oxygen atoms in total. The molecule has 3 aromatic carbocycles. The normalized spacial score (nSPS) is 10.6. The molecule has 4 rings (SSSR count). The van der Waals surface area contributed by atoms with Crippen LogP contribution < -0.4 is 10.1 Å². The van der Waals surface area contributed by atoms with Gasteiger partial charge in [-0.25, -0.2) is 0 Å². The Morgan fingerprint density at radius 1 is 0.967 bits per heavy atom. The van der Waals surface area contributed by atoms with Gasteiger partial charge in [-0.05, 0) is 36.2 Å². The van der Waals surface area contributed by atoms with Crippen molar-refractivity contribution in [2.45, 2.75) is 13.3 Å². The van der Waals surface area contributed by atoms with Crippen LogP contribution in [0.15, 0.2) is 83.4 Å². The van der Waals surface area contributed by atoms with E-state index in [-0.39, 0.29) is 12.5 Å². The molecule has 1 heterocycles. The zero-order chi connectivity index (χ0) is 20.8. The van der Waals surface area contributed by atoms with Gasteiger partial charge in [0.15, 0.2) is 6.61 Å². The van der Waals surface area contributed by atoms with Crippen LogP contribution in [-0.4, -0.2) is 22.7 Å². The molecule has 0 saturated carbocycles. The van der Waals surface area contributed by atoms with E-state index in [2.05, 4.69) is 22.4 Å². The number of aromatic nitrogens is 2. The molecule has 0 atom stereocenters. The third-order valence-corrected chi connectivity index (χ3v) is 4.58. The minimum absolute atomic E-state index is 0.133. The summed E-state index contributed by atoms with van der Waals surface area (Å²) in [6.07, 6.45) is 0.954. The van der Waals surface area contributed by atoms with Gasteiger partial charge < -0.3 is 14.6 Å². The van der Waals surface area contributed by atoms with Crippen LogP contribution in [-0.2, 0) is 11.2 Å². The van der Waals surface area contributed by atoms with Crippen molar-refractivity contribution in [1.29, 1.82) is 0 Å². The van der Waals surface area contributed by atoms with Crippen molar-refractivity contribution in [3.8, 4) is 28.6 Å². The Morgan fingerprint density at radius 3 is 2.47 bits per heavy atom. The van der Waals surface area contributed by atoms with Crippen molar-refractivity contribution in [2.75, 3.05) is 11.9 Å². The van der Waals surface area contributed by atoms with Gasteiger partial charge >= 0.3 is 0 Å². The van der Waals surface area contributed by atoms with Gasteiger partial charge in [0.2, 0.25) is 5.82 Å². The third kappa shape index (κ3) is 4.55. The Hall–Kier alpha value is -3.93. The molecular weight excluding hydrogens is 378 g/mol. The molecule has 1 N–H and O–H groups in total. The molecule has 6 heteroatoms. The summed E-state index contributed by atoms with van der Waals surface area (Å²) >= 11 is 0. The van der Waals surface area contributed by atoms with Crippen molar-refractivity contribution in [2.24, 2.45) is 0 Å². The summed E-state index contributed by atoms with van der Waals surface area (Å²) in [5.74, 6) is 1.08. The number of rotatable bonds is 7. The number of anilines is 1. The summed E-state index contributed by atoms with van der Waals surface area (Å²) in [4.78, 5) is 16.8. The van der Waals surface area contributed by atoms with Gasteiger partial charge in [0.05, 0.1) is 5.56 Å². The van der Waals surface area contributed by atoms with Crippen LogP contribution in [0.4, 0.5) is 5.69 Å². The lowest BCUT2D eigenvalue weighted by molar-refractivity contribution is -0.118. The highest BCUT2D eigenvalue weighted by Gasteiger charge is 2.15. The van der Waals surface area contributed by atoms with E-state index in [1.54, 1.807) is 6.07 Å². The van der Waals surface area contributed by atoms with E-state index in [1.165, 1.54) is 5.56 Å². The summed E-state index contributed by atoms with van der Waals surface area (Å²) < 4.78 is 11.2. The molecule has 0 fully saturated rings. The molecule has 1 aromatic heterocycles. The fourth-order valence-electron chi connectivity index (χ4n) is 2.97. The molecule has 4 aromatic rings. The van der Waals surface area contributed by atoms with Gasteiger partial charge in [-0.3, -0.25) is 4.79 Å². The van der Waals surface area contributed by atoms with E-state index < -0.39 is 0 Å². The third-order valence-electron chi connectivity index (χ3n) is 4.58. The second kappa shape index (κ2) is 9.05. The Kier molecular flexibility index (Phi) is 5.85. The van der Waals surface area contributed by atoms with Crippen molar-refractivity contribution >= 4 is 11.6 Å². The van der Waals surface area contributed by atoms with Gasteiger partial charge in [0.25, 0.3) is 11.8 Å². The van der Waals surface area contributed by atoms with Crippen molar-refractivity contribution in [3.63, 3.8) is 0 Å². The predicted octanol–water partition coefficient (Wildman–Crippen LogP) is 4.98. The van der Waals surface area contributed by atoms with Crippen LogP contribution in [0, 0.1) is 0 Å². The van der Waals surface area contributed by atoms with Crippen molar-refractivity contribution in [1.82, 2.24) is 10.1 Å². The fourth-order valence-corrected chi connectivity index (χ4v) is 2.97. The maximum absolute atomic E-state index is 12.3. The van der Waals surface area contributed by atoms with Gasteiger partial charge in [-0.1, -0.05) is 66.7 Å². The van der Waals surface area contributed by atoms with Crippen molar-refractivity contribution < 1.29 is 14.1 Å². The van der Waals surface area contributed by atoms with E-state index in [4.69, 9.17) is 9.26 Å². The number of hydrogen-bond acceptors (Lipinski definition) is 5. The molecule has 0 aliphatic heterocycles. The molecule has 0 radical (unpaired) electrons. The first kappa shape index (κ1) is 19.4. The van der Waals surface area contributed by atoms with Gasteiger partial charge in [-0.2, -0.15) is 4.98 Å². The molecule has 0 spiro atoms. The molecule has 0 unspecified atom stereocenters. The molecule has 150 valence electrons. The highest BCUT2D eigenvalue weighted by molar-refractivity contribution is 5.92. The number of aryl methyl sites for hydroxylation is 1. The van der Waals surface area contributed by atoms with Crippen LogP contribution in [0.25, 0.3) is 22.8 Å². The maximum Gasteiger partial charge on any atom is 0.262 e. The number of nitrogens with one attached hydrogen (secondary N) is 1. The number of carbonyl (C=O) groups is 1. The number of carbonyl (C=O) groups excluding carboxylic acids is 1. The lowest BCUT2D eigenvalue weighted by Gasteiger charge is -2.10. The van der Waals surface area contributed by atoms with Crippen LogP contribution in [0.1, 0.15) is 12.5 Å². The second-order valence-corrected chi connectivity index (χ2v) is 6.67. The number of hydrogen-bond donors (Lipinski definition) is 1. The van der Waals surface area contributed by atoms with E-state index in [0.29, 0.717) is 23.0 Å². The van der Waals surface area contributed by atoms with Crippen LogP contribution >= 0.6 is 0 Å². The monoisotopic (exact) mass is 399 g/mol. The molecule has 30 heavy (non-hydrogen) atoms. The largest absolute Gasteiger partial charge is 0.483 e. The maximum atomic E-state index is 12.3. The average Bonchev–Trinajstić information content (AvgIpc) is 3.29. The zero-order valence-corrected chi connectivity index (χ0v) is 16.5. The Bertz CT molecular complexity index is 1120. The Morgan fingerprint density at radius 2 is 1.70 bits per heavy atom. The summed E-state index contributed by atoms with van der Waals surface area (Å²) in [6, 6.07) is 24.6. The van der Waals surface area contributed by atoms with E-state index >= 15 is 0 Å². The number of nitrogens with zero attached hydrogens (tertiary/aromatic N) is 2. The van der Waals surface area contributed by atoms with E-state index in [0.717, 1.165) is 17.7 Å². The minimum Gasteiger partial charge on any atom is -0.483 e. The highest BCUT2D eigenvalue weighted by Crippen LogP contribution is 2.30. The van der Waals surface area contributed by atoms with E-state index in [1.807, 2.05) is 72.8 Å². The predicted molar refractivity (Wildman–Crippen MR) is 115 cm³/mol. The fraction of sp³-hybridized carbons (Fsp3) is 0.125. The Labute approximate surface area is 174 Å². The second-order valence-electron chi connectivity index (χ2n) is 6.67. The first-order valence-electron chi connectivity index (χ1n) is 9.73. The summed E-state index contributed by atoms with van der Waals surface area (Å²) in [5.41, 5.74) is 3.44. The summed E-state index contributed by atoms with van der Waals surface area (Å²) in [7, 11) is 0. The summed E-state index contributed by atoms with van der Waals surface area (Å²) in [6.45, 7) is 1.96. The standard InChI is InChI=1S/C24H21N3O3/c1-2-17-12-14-19(15-13-17)25-22(28)16-29-21-11-7-6-10-20(21)24-26-23(27-30-24)18-8-4-3-5-9-18/h3-15H,2,16H2,1H3,(H,25,28). The Balaban J connectivity index is 1.44. The van der Waals surface area contributed by atoms with Crippen LogP contribution in [0.2, 0.25) is 0 Å². The molecule has 0 aliphatic carbocycles. The highest BCUT2D eigenvalue weighted by atomic mass is 16.5. The van der Waals surface area contributed by atoms with Gasteiger partial charge in [0, 0.05) is 11.3 Å². The molecule has 0 saturated heterocycles. The van der Waals surface area contributed by atoms with Crippen molar-refractivity contribution in [3.05, 3.63) is 84.4 Å².